The van der Waals surface area contributed by atoms with Crippen molar-refractivity contribution in [3.63, 3.8) is 0 Å². The van der Waals surface area contributed by atoms with Crippen LogP contribution in [0.25, 0.3) is 5.82 Å². The molecule has 1 fully saturated rings. The summed E-state index contributed by atoms with van der Waals surface area (Å²) < 4.78 is 4.57. The van der Waals surface area contributed by atoms with Gasteiger partial charge in [-0.05, 0) is 52.7 Å². The summed E-state index contributed by atoms with van der Waals surface area (Å²) in [5, 5.41) is 9.00. The Morgan fingerprint density at radius 1 is 1.06 bits per heavy atom. The van der Waals surface area contributed by atoms with Gasteiger partial charge in [0.15, 0.2) is 5.82 Å². The molecule has 0 aliphatic carbocycles. The number of hydrogen-bond donors (Lipinski definition) is 0. The number of carbonyl (C=O) groups excluding carboxylic acids is 1. The standard InChI is InChI=1S/C22H27N7O3/c1-14-11-15(2)28(24-14)19-5-6-20(30)29(25-19)18-7-9-26(10-8-18)21(31)12-27-13-23-17(4)16(3)22(27)32/h5-6,11,13,18H,7-10,12H2,1-4H3. The highest BCUT2D eigenvalue weighted by Gasteiger charge is 2.26. The molecule has 10 nitrogen and oxygen atoms in total. The van der Waals surface area contributed by atoms with Gasteiger partial charge in [0.1, 0.15) is 6.54 Å². The number of likely N-dealkylation sites (tertiary alicyclic amines) is 1. The number of hydrogen-bond acceptors (Lipinski definition) is 6. The Balaban J connectivity index is 1.46. The molecule has 0 radical (unpaired) electrons. The average Bonchev–Trinajstić information content (AvgIpc) is 3.12. The molecule has 0 saturated carbocycles. The number of amides is 1. The van der Waals surface area contributed by atoms with Crippen LogP contribution in [-0.2, 0) is 11.3 Å². The first-order valence-corrected chi connectivity index (χ1v) is 10.7. The maximum absolute atomic E-state index is 12.7. The van der Waals surface area contributed by atoms with Gasteiger partial charge in [0.2, 0.25) is 5.91 Å². The van der Waals surface area contributed by atoms with Gasteiger partial charge in [-0.1, -0.05) is 0 Å². The van der Waals surface area contributed by atoms with Crippen molar-refractivity contribution in [1.82, 2.24) is 34.0 Å². The van der Waals surface area contributed by atoms with Crippen LogP contribution in [0, 0.1) is 27.7 Å². The Kier molecular flexibility index (Phi) is 5.77. The molecule has 3 aromatic heterocycles. The van der Waals surface area contributed by atoms with Crippen LogP contribution in [-0.4, -0.2) is 53.0 Å². The molecule has 0 aromatic carbocycles. The van der Waals surface area contributed by atoms with Gasteiger partial charge < -0.3 is 4.90 Å². The van der Waals surface area contributed by atoms with E-state index in [0.717, 1.165) is 11.4 Å². The van der Waals surface area contributed by atoms with Crippen molar-refractivity contribution in [2.75, 3.05) is 13.1 Å². The monoisotopic (exact) mass is 437 g/mol. The fourth-order valence-corrected chi connectivity index (χ4v) is 4.04. The fourth-order valence-electron chi connectivity index (χ4n) is 4.04. The average molecular weight is 438 g/mol. The van der Waals surface area contributed by atoms with Crippen LogP contribution in [0.15, 0.2) is 34.1 Å². The first kappa shape index (κ1) is 21.7. The maximum atomic E-state index is 12.7. The molecule has 0 unspecified atom stereocenters. The van der Waals surface area contributed by atoms with E-state index in [1.165, 1.54) is 21.6 Å². The van der Waals surface area contributed by atoms with Crippen molar-refractivity contribution in [2.24, 2.45) is 0 Å². The van der Waals surface area contributed by atoms with Crippen LogP contribution >= 0.6 is 0 Å². The molecular formula is C22H27N7O3. The second kappa shape index (κ2) is 8.52. The quantitative estimate of drug-likeness (QED) is 0.605. The van der Waals surface area contributed by atoms with E-state index in [4.69, 9.17) is 0 Å². The van der Waals surface area contributed by atoms with Crippen molar-refractivity contribution in [1.29, 1.82) is 0 Å². The minimum absolute atomic E-state index is 0.0385. The van der Waals surface area contributed by atoms with E-state index in [1.54, 1.807) is 29.5 Å². The minimum atomic E-state index is -0.197. The molecule has 0 atom stereocenters. The lowest BCUT2D eigenvalue weighted by molar-refractivity contribution is -0.133. The summed E-state index contributed by atoms with van der Waals surface area (Å²) in [5.41, 5.74) is 2.67. The third kappa shape index (κ3) is 4.12. The number of nitrogens with zero attached hydrogens (tertiary/aromatic N) is 7. The molecule has 4 rings (SSSR count). The van der Waals surface area contributed by atoms with Crippen molar-refractivity contribution >= 4 is 5.91 Å². The predicted octanol–water partition coefficient (Wildman–Crippen LogP) is 1.08. The largest absolute Gasteiger partial charge is 0.341 e. The van der Waals surface area contributed by atoms with Crippen LogP contribution in [0.3, 0.4) is 0 Å². The SMILES string of the molecule is Cc1cc(C)n(-c2ccc(=O)n(C3CCN(C(=O)Cn4cnc(C)c(C)c4=O)CC3)n2)n1. The Hall–Kier alpha value is -3.56. The Labute approximate surface area is 185 Å². The Morgan fingerprint density at radius 2 is 1.78 bits per heavy atom. The zero-order chi connectivity index (χ0) is 23.0. The highest BCUT2D eigenvalue weighted by atomic mass is 16.2. The third-order valence-electron chi connectivity index (χ3n) is 6.02. The molecule has 0 spiro atoms. The lowest BCUT2D eigenvalue weighted by Crippen LogP contribution is -2.43. The zero-order valence-corrected chi connectivity index (χ0v) is 18.8. The first-order chi connectivity index (χ1) is 15.2. The van der Waals surface area contributed by atoms with E-state index in [1.807, 2.05) is 19.9 Å². The number of carbonyl (C=O) groups is 1. The molecule has 3 aromatic rings. The molecule has 0 bridgehead atoms. The fraction of sp³-hybridized carbons (Fsp3) is 0.455. The summed E-state index contributed by atoms with van der Waals surface area (Å²) in [7, 11) is 0. The third-order valence-corrected chi connectivity index (χ3v) is 6.02. The van der Waals surface area contributed by atoms with E-state index >= 15 is 0 Å². The van der Waals surface area contributed by atoms with Gasteiger partial charge in [-0.25, -0.2) is 14.3 Å². The number of aromatic nitrogens is 6. The molecule has 1 amide bonds. The van der Waals surface area contributed by atoms with Crippen LogP contribution in [0.5, 0.6) is 0 Å². The van der Waals surface area contributed by atoms with E-state index < -0.39 is 0 Å². The summed E-state index contributed by atoms with van der Waals surface area (Å²) in [6.45, 7) is 8.29. The highest BCUT2D eigenvalue weighted by molar-refractivity contribution is 5.76. The van der Waals surface area contributed by atoms with Gasteiger partial charge in [-0.15, -0.1) is 5.10 Å². The van der Waals surface area contributed by atoms with E-state index in [2.05, 4.69) is 15.2 Å². The van der Waals surface area contributed by atoms with Gasteiger partial charge in [-0.2, -0.15) is 5.10 Å². The van der Waals surface area contributed by atoms with Crippen molar-refractivity contribution < 1.29 is 4.79 Å². The van der Waals surface area contributed by atoms with E-state index in [0.29, 0.717) is 43.0 Å². The molecular weight excluding hydrogens is 410 g/mol. The Bertz CT molecular complexity index is 1280. The lowest BCUT2D eigenvalue weighted by Gasteiger charge is -2.32. The number of piperidine rings is 1. The molecule has 0 N–H and O–H groups in total. The minimum Gasteiger partial charge on any atom is -0.341 e. The van der Waals surface area contributed by atoms with Crippen molar-refractivity contribution in [2.45, 2.75) is 53.1 Å². The number of rotatable bonds is 4. The number of aryl methyl sites for hydroxylation is 3. The van der Waals surface area contributed by atoms with E-state index in [-0.39, 0.29) is 29.6 Å². The molecule has 1 aliphatic heterocycles. The summed E-state index contributed by atoms with van der Waals surface area (Å²) >= 11 is 0. The van der Waals surface area contributed by atoms with Gasteiger partial charge >= 0.3 is 0 Å². The van der Waals surface area contributed by atoms with Gasteiger partial charge in [-0.3, -0.25) is 19.0 Å². The molecule has 168 valence electrons. The molecule has 4 heterocycles. The van der Waals surface area contributed by atoms with Crippen molar-refractivity contribution in [3.8, 4) is 5.82 Å². The van der Waals surface area contributed by atoms with Crippen LogP contribution in [0.4, 0.5) is 0 Å². The smallest absolute Gasteiger partial charge is 0.267 e. The maximum Gasteiger partial charge on any atom is 0.267 e. The van der Waals surface area contributed by atoms with Crippen molar-refractivity contribution in [3.05, 3.63) is 67.9 Å². The van der Waals surface area contributed by atoms with Gasteiger partial charge in [0, 0.05) is 36.1 Å². The summed E-state index contributed by atoms with van der Waals surface area (Å²) in [5.74, 6) is 0.461. The molecule has 32 heavy (non-hydrogen) atoms. The summed E-state index contributed by atoms with van der Waals surface area (Å²) in [4.78, 5) is 43.5. The lowest BCUT2D eigenvalue weighted by atomic mass is 10.1. The van der Waals surface area contributed by atoms with Crippen LogP contribution < -0.4 is 11.1 Å². The predicted molar refractivity (Wildman–Crippen MR) is 118 cm³/mol. The second-order valence-corrected chi connectivity index (χ2v) is 8.31. The van der Waals surface area contributed by atoms with E-state index in [9.17, 15) is 14.4 Å². The van der Waals surface area contributed by atoms with Gasteiger partial charge in [0.05, 0.1) is 18.1 Å². The van der Waals surface area contributed by atoms with Gasteiger partial charge in [0.25, 0.3) is 11.1 Å². The topological polar surface area (TPSA) is 108 Å². The highest BCUT2D eigenvalue weighted by Crippen LogP contribution is 2.21. The van der Waals surface area contributed by atoms with Crippen LogP contribution in [0.2, 0.25) is 0 Å². The zero-order valence-electron chi connectivity index (χ0n) is 18.8. The summed E-state index contributed by atoms with van der Waals surface area (Å²) in [6.07, 6.45) is 2.64. The molecule has 10 heteroatoms. The molecule has 1 aliphatic rings. The molecule has 1 saturated heterocycles. The second-order valence-electron chi connectivity index (χ2n) is 8.31. The van der Waals surface area contributed by atoms with Crippen LogP contribution in [0.1, 0.15) is 41.5 Å². The Morgan fingerprint density at radius 3 is 2.44 bits per heavy atom. The summed E-state index contributed by atoms with van der Waals surface area (Å²) in [6, 6.07) is 5.04. The normalized spacial score (nSPS) is 14.7. The first-order valence-electron chi connectivity index (χ1n) is 10.7.